The Morgan fingerprint density at radius 3 is 2.71 bits per heavy atom. The van der Waals surface area contributed by atoms with Gasteiger partial charge in [-0.05, 0) is 49.2 Å². The predicted molar refractivity (Wildman–Crippen MR) is 85.0 cm³/mol. The molecule has 112 valence electrons. The smallest absolute Gasteiger partial charge is 0.126 e. The monoisotopic (exact) mass is 287 g/mol. The number of hydrogen-bond donors (Lipinski definition) is 1. The number of nitrogens with two attached hydrogens (primary N) is 1. The minimum atomic E-state index is -0.204. The fourth-order valence-corrected chi connectivity index (χ4v) is 2.33. The molecule has 0 aliphatic heterocycles. The highest BCUT2D eigenvalue weighted by Crippen LogP contribution is 2.27. The third-order valence-electron chi connectivity index (χ3n) is 3.64. The van der Waals surface area contributed by atoms with Crippen LogP contribution in [0.2, 0.25) is 0 Å². The fraction of sp³-hybridized carbons (Fsp3) is 0.353. The lowest BCUT2D eigenvalue weighted by molar-refractivity contribution is 0.612. The Morgan fingerprint density at radius 2 is 2.10 bits per heavy atom. The molecule has 0 amide bonds. The molecule has 0 spiro atoms. The molecule has 0 unspecified atom stereocenters. The number of halogens is 1. The minimum absolute atomic E-state index is 0.201. The first-order valence-electron chi connectivity index (χ1n) is 7.15. The number of nitrogens with zero attached hydrogens (tertiary/aromatic N) is 2. The van der Waals surface area contributed by atoms with Crippen molar-refractivity contribution in [1.82, 2.24) is 4.98 Å². The Kier molecular flexibility index (Phi) is 4.91. The average Bonchev–Trinajstić information content (AvgIpc) is 2.48. The Morgan fingerprint density at radius 1 is 1.33 bits per heavy atom. The average molecular weight is 287 g/mol. The lowest BCUT2D eigenvalue weighted by Crippen LogP contribution is -2.24. The van der Waals surface area contributed by atoms with Crippen molar-refractivity contribution in [2.24, 2.45) is 5.73 Å². The second-order valence-electron chi connectivity index (χ2n) is 5.44. The Hall–Kier alpha value is -1.94. The number of rotatable bonds is 5. The van der Waals surface area contributed by atoms with Crippen molar-refractivity contribution in [3.05, 3.63) is 59.2 Å². The summed E-state index contributed by atoms with van der Waals surface area (Å²) in [6.45, 7) is 4.46. The van der Waals surface area contributed by atoms with E-state index < -0.39 is 0 Å². The van der Waals surface area contributed by atoms with Gasteiger partial charge in [0.05, 0.1) is 0 Å². The molecule has 1 heterocycles. The van der Waals surface area contributed by atoms with Crippen molar-refractivity contribution in [1.29, 1.82) is 0 Å². The Bertz CT molecular complexity index is 596. The number of aryl methyl sites for hydroxylation is 1. The van der Waals surface area contributed by atoms with E-state index >= 15 is 0 Å². The van der Waals surface area contributed by atoms with Gasteiger partial charge in [0.1, 0.15) is 5.82 Å². The van der Waals surface area contributed by atoms with E-state index in [2.05, 4.69) is 9.88 Å². The molecular formula is C17H22FN3. The zero-order chi connectivity index (χ0) is 15.4. The normalized spacial score (nSPS) is 12.2. The molecule has 0 aliphatic carbocycles. The Balaban J connectivity index is 2.18. The van der Waals surface area contributed by atoms with Crippen LogP contribution in [0.3, 0.4) is 0 Å². The van der Waals surface area contributed by atoms with Gasteiger partial charge in [0.25, 0.3) is 0 Å². The van der Waals surface area contributed by atoms with Gasteiger partial charge >= 0.3 is 0 Å². The van der Waals surface area contributed by atoms with Crippen LogP contribution in [0.5, 0.6) is 0 Å². The topological polar surface area (TPSA) is 42.2 Å². The summed E-state index contributed by atoms with van der Waals surface area (Å²) in [6.07, 6.45) is 2.64. The molecule has 2 aromatic rings. The number of benzene rings is 1. The van der Waals surface area contributed by atoms with Crippen LogP contribution < -0.4 is 10.6 Å². The van der Waals surface area contributed by atoms with Gasteiger partial charge < -0.3 is 10.6 Å². The van der Waals surface area contributed by atoms with Gasteiger partial charge in [-0.25, -0.2) is 4.39 Å². The highest BCUT2D eigenvalue weighted by atomic mass is 19.1. The standard InChI is InChI=1S/C17H22FN3/c1-12-10-17(15(13(2)19)11-16(12)18)21(3)9-7-14-6-4-5-8-20-14/h4-6,8,10-11,13H,7,9,19H2,1-3H3/t13-/m0/s1. The van der Waals surface area contributed by atoms with E-state index in [1.807, 2.05) is 38.2 Å². The number of aromatic nitrogens is 1. The molecule has 3 nitrogen and oxygen atoms in total. The fourth-order valence-electron chi connectivity index (χ4n) is 2.33. The first-order valence-corrected chi connectivity index (χ1v) is 7.15. The van der Waals surface area contributed by atoms with E-state index in [1.54, 1.807) is 19.2 Å². The molecule has 1 aromatic carbocycles. The van der Waals surface area contributed by atoms with Gasteiger partial charge in [-0.2, -0.15) is 0 Å². The maximum Gasteiger partial charge on any atom is 0.126 e. The summed E-state index contributed by atoms with van der Waals surface area (Å²) >= 11 is 0. The maximum absolute atomic E-state index is 13.7. The van der Waals surface area contributed by atoms with Crippen LogP contribution in [0.1, 0.15) is 29.8 Å². The van der Waals surface area contributed by atoms with Crippen LogP contribution in [0.4, 0.5) is 10.1 Å². The lowest BCUT2D eigenvalue weighted by atomic mass is 10.0. The van der Waals surface area contributed by atoms with Crippen LogP contribution >= 0.6 is 0 Å². The second kappa shape index (κ2) is 6.68. The van der Waals surface area contributed by atoms with Gasteiger partial charge in [0.15, 0.2) is 0 Å². The Labute approximate surface area is 125 Å². The van der Waals surface area contributed by atoms with E-state index in [-0.39, 0.29) is 11.9 Å². The summed E-state index contributed by atoms with van der Waals surface area (Å²) in [5, 5.41) is 0. The SMILES string of the molecule is Cc1cc(N(C)CCc2ccccn2)c([C@H](C)N)cc1F. The van der Waals surface area contributed by atoms with E-state index in [0.29, 0.717) is 5.56 Å². The summed E-state index contributed by atoms with van der Waals surface area (Å²) in [5.41, 5.74) is 9.48. The van der Waals surface area contributed by atoms with Crippen molar-refractivity contribution in [2.45, 2.75) is 26.3 Å². The first-order chi connectivity index (χ1) is 9.99. The van der Waals surface area contributed by atoms with Crippen LogP contribution in [0.15, 0.2) is 36.5 Å². The van der Waals surface area contributed by atoms with Crippen LogP contribution in [-0.4, -0.2) is 18.6 Å². The maximum atomic E-state index is 13.7. The summed E-state index contributed by atoms with van der Waals surface area (Å²) in [6, 6.07) is 9.12. The number of likely N-dealkylation sites (N-methyl/N-ethyl adjacent to an activating group) is 1. The van der Waals surface area contributed by atoms with Crippen molar-refractivity contribution in [3.63, 3.8) is 0 Å². The molecule has 0 aliphatic rings. The van der Waals surface area contributed by atoms with E-state index in [4.69, 9.17) is 5.73 Å². The predicted octanol–water partition coefficient (Wildman–Crippen LogP) is 3.23. The quantitative estimate of drug-likeness (QED) is 0.918. The zero-order valence-electron chi connectivity index (χ0n) is 12.8. The summed E-state index contributed by atoms with van der Waals surface area (Å²) in [5.74, 6) is -0.204. The van der Waals surface area contributed by atoms with Gasteiger partial charge in [-0.1, -0.05) is 6.07 Å². The molecule has 21 heavy (non-hydrogen) atoms. The number of hydrogen-bond acceptors (Lipinski definition) is 3. The number of anilines is 1. The van der Waals surface area contributed by atoms with Crippen LogP contribution in [0, 0.1) is 12.7 Å². The summed E-state index contributed by atoms with van der Waals surface area (Å²) < 4.78 is 13.7. The van der Waals surface area contributed by atoms with Crippen molar-refractivity contribution >= 4 is 5.69 Å². The first kappa shape index (κ1) is 15.4. The lowest BCUT2D eigenvalue weighted by Gasteiger charge is -2.24. The van der Waals surface area contributed by atoms with Crippen molar-refractivity contribution in [2.75, 3.05) is 18.5 Å². The molecule has 0 saturated carbocycles. The molecule has 2 N–H and O–H groups in total. The highest BCUT2D eigenvalue weighted by molar-refractivity contribution is 5.56. The molecule has 2 rings (SSSR count). The van der Waals surface area contributed by atoms with Crippen molar-refractivity contribution in [3.8, 4) is 0 Å². The largest absolute Gasteiger partial charge is 0.374 e. The minimum Gasteiger partial charge on any atom is -0.374 e. The van der Waals surface area contributed by atoms with Gasteiger partial charge in [-0.15, -0.1) is 0 Å². The van der Waals surface area contributed by atoms with E-state index in [0.717, 1.165) is 29.9 Å². The summed E-state index contributed by atoms with van der Waals surface area (Å²) in [4.78, 5) is 6.43. The third kappa shape index (κ3) is 3.79. The van der Waals surface area contributed by atoms with E-state index in [9.17, 15) is 4.39 Å². The van der Waals surface area contributed by atoms with Crippen LogP contribution in [0.25, 0.3) is 0 Å². The summed E-state index contributed by atoms with van der Waals surface area (Å²) in [7, 11) is 2.00. The molecule has 0 saturated heterocycles. The highest BCUT2D eigenvalue weighted by Gasteiger charge is 2.14. The van der Waals surface area contributed by atoms with Gasteiger partial charge in [-0.3, -0.25) is 4.98 Å². The third-order valence-corrected chi connectivity index (χ3v) is 3.64. The molecule has 0 fully saturated rings. The van der Waals surface area contributed by atoms with Crippen LogP contribution in [-0.2, 0) is 6.42 Å². The molecule has 1 atom stereocenters. The van der Waals surface area contributed by atoms with Gasteiger partial charge in [0, 0.05) is 43.6 Å². The second-order valence-corrected chi connectivity index (χ2v) is 5.44. The van der Waals surface area contributed by atoms with Gasteiger partial charge in [0.2, 0.25) is 0 Å². The number of pyridine rings is 1. The molecule has 4 heteroatoms. The molecule has 0 radical (unpaired) electrons. The molecular weight excluding hydrogens is 265 g/mol. The van der Waals surface area contributed by atoms with E-state index in [1.165, 1.54) is 0 Å². The zero-order valence-corrected chi connectivity index (χ0v) is 12.8. The molecule has 1 aromatic heterocycles. The van der Waals surface area contributed by atoms with Crippen molar-refractivity contribution < 1.29 is 4.39 Å². The molecule has 0 bridgehead atoms.